The summed E-state index contributed by atoms with van der Waals surface area (Å²) in [4.78, 5) is 20.9. The van der Waals surface area contributed by atoms with Crippen molar-refractivity contribution in [2.75, 3.05) is 7.11 Å². The molecule has 0 aliphatic heterocycles. The second-order valence-corrected chi connectivity index (χ2v) is 3.13. The van der Waals surface area contributed by atoms with E-state index in [1.54, 1.807) is 0 Å². The Bertz CT molecular complexity index is 571. The maximum absolute atomic E-state index is 10.9. The molecule has 0 saturated heterocycles. The largest absolute Gasteiger partial charge is 0.490 e. The van der Waals surface area contributed by atoms with Crippen LogP contribution in [0.25, 0.3) is 6.08 Å². The van der Waals surface area contributed by atoms with E-state index in [0.29, 0.717) is 0 Å². The van der Waals surface area contributed by atoms with E-state index in [2.05, 4.69) is 0 Å². The number of carboxylic acid groups (broad SMARTS) is 1. The van der Waals surface area contributed by atoms with E-state index >= 15 is 0 Å². The number of carbonyl (C=O) groups is 1. The topological polar surface area (TPSA) is 113 Å². The van der Waals surface area contributed by atoms with E-state index in [0.717, 1.165) is 6.08 Å². The van der Waals surface area contributed by atoms with Gasteiger partial charge in [0.2, 0.25) is 0 Å². The number of hydrogen-bond acceptors (Lipinski definition) is 5. The molecule has 0 fully saturated rings. The van der Waals surface area contributed by atoms with E-state index in [-0.39, 0.29) is 17.0 Å². The first kappa shape index (κ1) is 13.2. The average molecular weight is 248 g/mol. The molecule has 0 unspecified atom stereocenters. The fourth-order valence-corrected chi connectivity index (χ4v) is 1.31. The van der Waals surface area contributed by atoms with Crippen molar-refractivity contribution >= 4 is 17.7 Å². The van der Waals surface area contributed by atoms with Crippen molar-refractivity contribution in [2.24, 2.45) is 0 Å². The number of benzene rings is 1. The van der Waals surface area contributed by atoms with Crippen LogP contribution in [-0.4, -0.2) is 23.1 Å². The molecule has 92 valence electrons. The predicted octanol–water partition coefficient (Wildman–Crippen LogP) is 1.59. The number of nitrogens with zero attached hydrogens (tertiary/aromatic N) is 2. The molecule has 1 N–H and O–H groups in total. The van der Waals surface area contributed by atoms with Crippen molar-refractivity contribution in [2.45, 2.75) is 0 Å². The van der Waals surface area contributed by atoms with Crippen molar-refractivity contribution in [1.82, 2.24) is 0 Å². The zero-order valence-corrected chi connectivity index (χ0v) is 9.28. The van der Waals surface area contributed by atoms with Crippen LogP contribution in [0.2, 0.25) is 0 Å². The molecule has 0 bridgehead atoms. The Labute approximate surface area is 102 Å². The third kappa shape index (κ3) is 2.62. The summed E-state index contributed by atoms with van der Waals surface area (Å²) in [6.45, 7) is 0. The summed E-state index contributed by atoms with van der Waals surface area (Å²) in [6.07, 6.45) is 0.934. The summed E-state index contributed by atoms with van der Waals surface area (Å²) >= 11 is 0. The Balaban J connectivity index is 3.47. The van der Waals surface area contributed by atoms with Crippen molar-refractivity contribution < 1.29 is 19.6 Å². The Hall–Kier alpha value is -2.88. The fraction of sp³-hybridized carbons (Fsp3) is 0.0909. The minimum absolute atomic E-state index is 0.00157. The zero-order valence-electron chi connectivity index (χ0n) is 9.28. The molecule has 0 aliphatic carbocycles. The lowest BCUT2D eigenvalue weighted by molar-refractivity contribution is -0.386. The predicted molar refractivity (Wildman–Crippen MR) is 60.9 cm³/mol. The van der Waals surface area contributed by atoms with Gasteiger partial charge in [-0.25, -0.2) is 4.79 Å². The molecular formula is C11H8N2O5. The highest BCUT2D eigenvalue weighted by molar-refractivity contribution is 5.97. The first-order valence-electron chi connectivity index (χ1n) is 4.67. The Kier molecular flexibility index (Phi) is 3.99. The number of para-hydroxylation sites is 1. The van der Waals surface area contributed by atoms with Gasteiger partial charge in [-0.1, -0.05) is 6.07 Å². The van der Waals surface area contributed by atoms with E-state index in [9.17, 15) is 14.9 Å². The third-order valence-electron chi connectivity index (χ3n) is 2.08. The molecule has 0 spiro atoms. The third-order valence-corrected chi connectivity index (χ3v) is 2.08. The molecule has 0 radical (unpaired) electrons. The van der Waals surface area contributed by atoms with Gasteiger partial charge >= 0.3 is 11.7 Å². The molecule has 0 saturated carbocycles. The summed E-state index contributed by atoms with van der Waals surface area (Å²) in [6, 6.07) is 5.63. The van der Waals surface area contributed by atoms with Crippen LogP contribution in [0.4, 0.5) is 5.69 Å². The van der Waals surface area contributed by atoms with Crippen LogP contribution < -0.4 is 4.74 Å². The minimum atomic E-state index is -1.45. The van der Waals surface area contributed by atoms with E-state index < -0.39 is 16.5 Å². The van der Waals surface area contributed by atoms with Gasteiger partial charge in [0.15, 0.2) is 5.75 Å². The number of hydrogen-bond donors (Lipinski definition) is 1. The van der Waals surface area contributed by atoms with Gasteiger partial charge in [-0.3, -0.25) is 10.1 Å². The summed E-state index contributed by atoms with van der Waals surface area (Å²) in [7, 11) is 1.26. The Morgan fingerprint density at radius 1 is 1.61 bits per heavy atom. The van der Waals surface area contributed by atoms with E-state index in [1.165, 1.54) is 31.4 Å². The standard InChI is InChI=1S/C11H8N2O5/c1-18-9-4-2-3-7(10(9)13(16)17)5-8(6-12)11(14)15/h2-5H,1H3,(H,14,15). The van der Waals surface area contributed by atoms with Crippen molar-refractivity contribution in [3.8, 4) is 11.8 Å². The molecule has 1 rings (SSSR count). The number of nitro benzene ring substituents is 1. The normalized spacial score (nSPS) is 10.6. The van der Waals surface area contributed by atoms with Crippen molar-refractivity contribution in [3.05, 3.63) is 39.4 Å². The van der Waals surface area contributed by atoms with Gasteiger partial charge in [-0.15, -0.1) is 0 Å². The maximum atomic E-state index is 10.9. The lowest BCUT2D eigenvalue weighted by atomic mass is 10.1. The zero-order chi connectivity index (χ0) is 13.7. The van der Waals surface area contributed by atoms with Crippen molar-refractivity contribution in [3.63, 3.8) is 0 Å². The number of nitro groups is 1. The highest BCUT2D eigenvalue weighted by Crippen LogP contribution is 2.31. The quantitative estimate of drug-likeness (QED) is 0.374. The molecule has 0 aromatic heterocycles. The number of ether oxygens (including phenoxy) is 1. The number of aliphatic carboxylic acids is 1. The highest BCUT2D eigenvalue weighted by atomic mass is 16.6. The molecule has 0 atom stereocenters. The Morgan fingerprint density at radius 3 is 2.72 bits per heavy atom. The fourth-order valence-electron chi connectivity index (χ4n) is 1.31. The second-order valence-electron chi connectivity index (χ2n) is 3.13. The van der Waals surface area contributed by atoms with Crippen LogP contribution in [0.15, 0.2) is 23.8 Å². The molecule has 18 heavy (non-hydrogen) atoms. The number of methoxy groups -OCH3 is 1. The molecule has 1 aromatic carbocycles. The summed E-state index contributed by atoms with van der Waals surface area (Å²) < 4.78 is 4.82. The van der Waals surface area contributed by atoms with Crippen LogP contribution in [0, 0.1) is 21.4 Å². The lowest BCUT2D eigenvalue weighted by Crippen LogP contribution is -2.00. The molecule has 0 amide bonds. The highest BCUT2D eigenvalue weighted by Gasteiger charge is 2.20. The van der Waals surface area contributed by atoms with Crippen LogP contribution in [-0.2, 0) is 4.79 Å². The molecular weight excluding hydrogens is 240 g/mol. The average Bonchev–Trinajstić information content (AvgIpc) is 2.34. The maximum Gasteiger partial charge on any atom is 0.346 e. The number of rotatable bonds is 4. The van der Waals surface area contributed by atoms with Gasteiger partial charge in [0.1, 0.15) is 11.6 Å². The van der Waals surface area contributed by atoms with Gasteiger partial charge in [0, 0.05) is 0 Å². The Morgan fingerprint density at radius 2 is 2.28 bits per heavy atom. The lowest BCUT2D eigenvalue weighted by Gasteiger charge is -2.03. The van der Waals surface area contributed by atoms with Gasteiger partial charge in [-0.05, 0) is 18.2 Å². The van der Waals surface area contributed by atoms with Crippen LogP contribution >= 0.6 is 0 Å². The molecule has 7 nitrogen and oxygen atoms in total. The SMILES string of the molecule is COc1cccc(C=C(C#N)C(=O)O)c1[N+](=O)[O-]. The first-order chi connectivity index (χ1) is 8.51. The van der Waals surface area contributed by atoms with Crippen molar-refractivity contribution in [1.29, 1.82) is 5.26 Å². The van der Waals surface area contributed by atoms with Gasteiger partial charge in [0.25, 0.3) is 0 Å². The van der Waals surface area contributed by atoms with Crippen LogP contribution in [0.5, 0.6) is 5.75 Å². The van der Waals surface area contributed by atoms with Gasteiger partial charge < -0.3 is 9.84 Å². The summed E-state index contributed by atoms with van der Waals surface area (Å²) in [5, 5.41) is 28.2. The smallest absolute Gasteiger partial charge is 0.346 e. The molecule has 7 heteroatoms. The molecule has 0 aliphatic rings. The van der Waals surface area contributed by atoms with E-state index in [1.807, 2.05) is 0 Å². The summed E-state index contributed by atoms with van der Waals surface area (Å²) in [5.74, 6) is -1.45. The molecule has 0 heterocycles. The summed E-state index contributed by atoms with van der Waals surface area (Å²) in [5.41, 5.74) is -0.973. The van der Waals surface area contributed by atoms with Gasteiger partial charge in [0.05, 0.1) is 17.6 Å². The van der Waals surface area contributed by atoms with Crippen LogP contribution in [0.3, 0.4) is 0 Å². The monoisotopic (exact) mass is 248 g/mol. The van der Waals surface area contributed by atoms with E-state index in [4.69, 9.17) is 15.1 Å². The van der Waals surface area contributed by atoms with Crippen LogP contribution in [0.1, 0.15) is 5.56 Å². The molecule has 1 aromatic rings. The second kappa shape index (κ2) is 5.45. The minimum Gasteiger partial charge on any atom is -0.490 e. The number of carboxylic acids is 1. The first-order valence-corrected chi connectivity index (χ1v) is 4.67. The van der Waals surface area contributed by atoms with Gasteiger partial charge in [-0.2, -0.15) is 5.26 Å². The number of nitriles is 1.